The lowest BCUT2D eigenvalue weighted by Crippen LogP contribution is -2.37. The molecule has 1 amide bonds. The first-order chi connectivity index (χ1) is 12.4. The number of carbonyl (C=O) groups excluding carboxylic acids is 1. The Labute approximate surface area is 156 Å². The summed E-state index contributed by atoms with van der Waals surface area (Å²) in [4.78, 5) is 12.5. The standard InChI is InChI=1S/C22H29NO3/c1-6-21(26-20-11-10-16(4)17(5)12-20)22(24)23-14-18-8-7-9-19(13-18)25-15(2)3/h7-13,15,21H,6,14H2,1-5H3,(H,23,24)/t21-/m1/s1. The van der Waals surface area contributed by atoms with Crippen molar-refractivity contribution >= 4 is 5.91 Å². The molecule has 2 rings (SSSR count). The van der Waals surface area contributed by atoms with Crippen LogP contribution in [-0.4, -0.2) is 18.1 Å². The fourth-order valence-electron chi connectivity index (χ4n) is 2.58. The first kappa shape index (κ1) is 19.8. The number of aryl methyl sites for hydroxylation is 2. The Bertz CT molecular complexity index is 740. The molecule has 0 fully saturated rings. The van der Waals surface area contributed by atoms with Crippen molar-refractivity contribution in [2.24, 2.45) is 0 Å². The van der Waals surface area contributed by atoms with Gasteiger partial charge < -0.3 is 14.8 Å². The van der Waals surface area contributed by atoms with Crippen molar-refractivity contribution in [2.75, 3.05) is 0 Å². The van der Waals surface area contributed by atoms with Crippen LogP contribution in [0.5, 0.6) is 11.5 Å². The Morgan fingerprint density at radius 1 is 1.00 bits per heavy atom. The second kappa shape index (κ2) is 9.27. The van der Waals surface area contributed by atoms with Crippen LogP contribution in [-0.2, 0) is 11.3 Å². The van der Waals surface area contributed by atoms with E-state index in [-0.39, 0.29) is 12.0 Å². The molecule has 0 heterocycles. The van der Waals surface area contributed by atoms with Crippen molar-refractivity contribution in [2.45, 2.75) is 59.8 Å². The highest BCUT2D eigenvalue weighted by atomic mass is 16.5. The summed E-state index contributed by atoms with van der Waals surface area (Å²) >= 11 is 0. The Morgan fingerprint density at radius 2 is 1.73 bits per heavy atom. The van der Waals surface area contributed by atoms with Gasteiger partial charge in [-0.15, -0.1) is 0 Å². The van der Waals surface area contributed by atoms with Gasteiger partial charge in [-0.25, -0.2) is 0 Å². The minimum absolute atomic E-state index is 0.110. The Morgan fingerprint density at radius 3 is 2.38 bits per heavy atom. The minimum atomic E-state index is -0.507. The maximum absolute atomic E-state index is 12.5. The average Bonchev–Trinajstić information content (AvgIpc) is 2.60. The first-order valence-electron chi connectivity index (χ1n) is 9.16. The Balaban J connectivity index is 1.95. The summed E-state index contributed by atoms with van der Waals surface area (Å²) in [6.07, 6.45) is 0.220. The van der Waals surface area contributed by atoms with E-state index in [4.69, 9.17) is 9.47 Å². The molecule has 0 radical (unpaired) electrons. The predicted molar refractivity (Wildman–Crippen MR) is 105 cm³/mol. The van der Waals surface area contributed by atoms with Crippen molar-refractivity contribution in [1.29, 1.82) is 0 Å². The van der Waals surface area contributed by atoms with Gasteiger partial charge in [-0.2, -0.15) is 0 Å². The van der Waals surface area contributed by atoms with Crippen LogP contribution in [0.15, 0.2) is 42.5 Å². The summed E-state index contributed by atoms with van der Waals surface area (Å²) in [7, 11) is 0. The number of hydrogen-bond donors (Lipinski definition) is 1. The van der Waals surface area contributed by atoms with Gasteiger partial charge in [0.1, 0.15) is 11.5 Å². The predicted octanol–water partition coefficient (Wildman–Crippen LogP) is 4.56. The van der Waals surface area contributed by atoms with Gasteiger partial charge in [0.25, 0.3) is 5.91 Å². The van der Waals surface area contributed by atoms with Crippen LogP contribution in [0, 0.1) is 13.8 Å². The number of nitrogens with one attached hydrogen (secondary N) is 1. The Hall–Kier alpha value is -2.49. The van der Waals surface area contributed by atoms with Gasteiger partial charge in [0.05, 0.1) is 6.10 Å². The molecule has 1 atom stereocenters. The van der Waals surface area contributed by atoms with Crippen molar-refractivity contribution in [3.8, 4) is 11.5 Å². The highest BCUT2D eigenvalue weighted by Crippen LogP contribution is 2.19. The SMILES string of the molecule is CC[C@@H](Oc1ccc(C)c(C)c1)C(=O)NCc1cccc(OC(C)C)c1. The normalized spacial score (nSPS) is 11.9. The maximum atomic E-state index is 12.5. The van der Waals surface area contributed by atoms with Crippen LogP contribution in [0.25, 0.3) is 0 Å². The zero-order chi connectivity index (χ0) is 19.1. The molecule has 1 N–H and O–H groups in total. The van der Waals surface area contributed by atoms with Crippen molar-refractivity contribution < 1.29 is 14.3 Å². The third-order valence-electron chi connectivity index (χ3n) is 4.16. The number of rotatable bonds is 8. The molecule has 2 aromatic rings. The molecule has 0 bridgehead atoms. The summed E-state index contributed by atoms with van der Waals surface area (Å²) in [6, 6.07) is 13.7. The summed E-state index contributed by atoms with van der Waals surface area (Å²) in [5, 5.41) is 2.96. The van der Waals surface area contributed by atoms with Gasteiger partial charge in [0.15, 0.2) is 6.10 Å². The van der Waals surface area contributed by atoms with Gasteiger partial charge in [-0.05, 0) is 75.1 Å². The molecule has 4 heteroatoms. The van der Waals surface area contributed by atoms with E-state index < -0.39 is 6.10 Å². The fourth-order valence-corrected chi connectivity index (χ4v) is 2.58. The number of carbonyl (C=O) groups is 1. The van der Waals surface area contributed by atoms with Crippen molar-refractivity contribution in [3.63, 3.8) is 0 Å². The molecule has 2 aromatic carbocycles. The van der Waals surface area contributed by atoms with Crippen molar-refractivity contribution in [1.82, 2.24) is 5.32 Å². The van der Waals surface area contributed by atoms with E-state index in [1.165, 1.54) is 5.56 Å². The van der Waals surface area contributed by atoms with Crippen molar-refractivity contribution in [3.05, 3.63) is 59.2 Å². The molecule has 0 aliphatic carbocycles. The molecule has 0 saturated heterocycles. The summed E-state index contributed by atoms with van der Waals surface area (Å²) in [5.41, 5.74) is 3.36. The molecular formula is C22H29NO3. The largest absolute Gasteiger partial charge is 0.491 e. The van der Waals surface area contributed by atoms with Crippen LogP contribution < -0.4 is 14.8 Å². The molecule has 0 aliphatic heterocycles. The number of ether oxygens (including phenoxy) is 2. The van der Waals surface area contributed by atoms with E-state index >= 15 is 0 Å². The molecule has 0 spiro atoms. The monoisotopic (exact) mass is 355 g/mol. The zero-order valence-electron chi connectivity index (χ0n) is 16.3. The van der Waals surface area contributed by atoms with Gasteiger partial charge in [0.2, 0.25) is 0 Å². The van der Waals surface area contributed by atoms with Gasteiger partial charge in [0, 0.05) is 6.54 Å². The van der Waals surface area contributed by atoms with Gasteiger partial charge in [-0.1, -0.05) is 25.1 Å². The third-order valence-corrected chi connectivity index (χ3v) is 4.16. The van der Waals surface area contributed by atoms with E-state index in [9.17, 15) is 4.79 Å². The third kappa shape index (κ3) is 5.80. The van der Waals surface area contributed by atoms with Crippen LogP contribution in [0.3, 0.4) is 0 Å². The van der Waals surface area contributed by atoms with E-state index in [0.29, 0.717) is 13.0 Å². The lowest BCUT2D eigenvalue weighted by Gasteiger charge is -2.18. The fraction of sp³-hybridized carbons (Fsp3) is 0.409. The number of amides is 1. The van der Waals surface area contributed by atoms with E-state index in [2.05, 4.69) is 12.2 Å². The van der Waals surface area contributed by atoms with Crippen LogP contribution in [0.2, 0.25) is 0 Å². The first-order valence-corrected chi connectivity index (χ1v) is 9.16. The van der Waals surface area contributed by atoms with Gasteiger partial charge >= 0.3 is 0 Å². The number of hydrogen-bond acceptors (Lipinski definition) is 3. The van der Waals surface area contributed by atoms with Gasteiger partial charge in [-0.3, -0.25) is 4.79 Å². The zero-order valence-corrected chi connectivity index (χ0v) is 16.3. The second-order valence-corrected chi connectivity index (χ2v) is 6.79. The Kier molecular flexibility index (Phi) is 7.07. The maximum Gasteiger partial charge on any atom is 0.261 e. The molecule has 0 saturated carbocycles. The average molecular weight is 355 g/mol. The highest BCUT2D eigenvalue weighted by molar-refractivity contribution is 5.81. The topological polar surface area (TPSA) is 47.6 Å². The second-order valence-electron chi connectivity index (χ2n) is 6.79. The summed E-state index contributed by atoms with van der Waals surface area (Å²) in [6.45, 7) is 10.5. The highest BCUT2D eigenvalue weighted by Gasteiger charge is 2.18. The quantitative estimate of drug-likeness (QED) is 0.755. The van der Waals surface area contributed by atoms with Crippen LogP contribution in [0.1, 0.15) is 43.9 Å². The lowest BCUT2D eigenvalue weighted by atomic mass is 10.1. The summed E-state index contributed by atoms with van der Waals surface area (Å²) < 4.78 is 11.6. The number of benzene rings is 2. The van der Waals surface area contributed by atoms with Crippen LogP contribution >= 0.6 is 0 Å². The summed E-state index contributed by atoms with van der Waals surface area (Å²) in [5.74, 6) is 1.42. The minimum Gasteiger partial charge on any atom is -0.491 e. The molecule has 0 aromatic heterocycles. The van der Waals surface area contributed by atoms with E-state index in [1.54, 1.807) is 0 Å². The molecule has 140 valence electrons. The molecule has 0 aliphatic rings. The molecule has 0 unspecified atom stereocenters. The van der Waals surface area contributed by atoms with E-state index in [1.807, 2.05) is 70.2 Å². The van der Waals surface area contributed by atoms with E-state index in [0.717, 1.165) is 22.6 Å². The molecular weight excluding hydrogens is 326 g/mol. The lowest BCUT2D eigenvalue weighted by molar-refractivity contribution is -0.128. The smallest absolute Gasteiger partial charge is 0.261 e. The molecule has 26 heavy (non-hydrogen) atoms. The molecule has 4 nitrogen and oxygen atoms in total. The van der Waals surface area contributed by atoms with Crippen LogP contribution in [0.4, 0.5) is 0 Å².